The Hall–Kier alpha value is -2.73. The quantitative estimate of drug-likeness (QED) is 0.346. The molecule has 0 spiro atoms. The van der Waals surface area contributed by atoms with Crippen LogP contribution in [-0.4, -0.2) is 25.2 Å². The van der Waals surface area contributed by atoms with Crippen LogP contribution in [-0.2, 0) is 19.1 Å². The summed E-state index contributed by atoms with van der Waals surface area (Å²) in [4.78, 5) is 24.0. The number of hydrogen-bond acceptors (Lipinski definition) is 6. The molecule has 0 bridgehead atoms. The van der Waals surface area contributed by atoms with Gasteiger partial charge in [0.1, 0.15) is 5.76 Å². The van der Waals surface area contributed by atoms with Gasteiger partial charge in [-0.3, -0.25) is 0 Å². The number of hydrogen-bond donors (Lipinski definition) is 1. The van der Waals surface area contributed by atoms with Crippen LogP contribution in [0.4, 0.5) is 5.69 Å². The van der Waals surface area contributed by atoms with Crippen molar-refractivity contribution in [3.8, 4) is 11.3 Å². The Balaban J connectivity index is 2.34. The number of carbonyl (C=O) groups is 2. The van der Waals surface area contributed by atoms with Crippen molar-refractivity contribution in [1.82, 2.24) is 0 Å². The molecule has 2 rings (SSSR count). The highest BCUT2D eigenvalue weighted by molar-refractivity contribution is 6.31. The van der Waals surface area contributed by atoms with E-state index in [-0.39, 0.29) is 18.8 Å². The van der Waals surface area contributed by atoms with Crippen LogP contribution in [0.3, 0.4) is 0 Å². The summed E-state index contributed by atoms with van der Waals surface area (Å²) in [5.41, 5.74) is 1.05. The Morgan fingerprint density at radius 1 is 1.16 bits per heavy atom. The maximum Gasteiger partial charge on any atom is 0.347 e. The molecule has 1 aromatic carbocycles. The first-order valence-electron chi connectivity index (χ1n) is 7.71. The topological polar surface area (TPSA) is 77.8 Å². The van der Waals surface area contributed by atoms with E-state index in [1.807, 2.05) is 0 Å². The highest BCUT2D eigenvalue weighted by Crippen LogP contribution is 2.31. The normalized spacial score (nSPS) is 10.0. The Labute approximate surface area is 150 Å². The maximum absolute atomic E-state index is 12.0. The standard InChI is InChI=1S/C18H18ClNO5/c1-3-23-17(21)14(18(22)24-4-2)11-20-15-8-7-12(19)10-13(15)16-6-5-9-25-16/h5-11,20H,3-4H2,1-2H3. The molecule has 0 atom stereocenters. The zero-order valence-electron chi connectivity index (χ0n) is 13.9. The molecule has 0 fully saturated rings. The van der Waals surface area contributed by atoms with E-state index in [1.54, 1.807) is 50.4 Å². The van der Waals surface area contributed by atoms with E-state index in [0.717, 1.165) is 0 Å². The molecule has 0 amide bonds. The minimum Gasteiger partial charge on any atom is -0.464 e. The minimum absolute atomic E-state index is 0.147. The molecule has 0 aliphatic heterocycles. The summed E-state index contributed by atoms with van der Waals surface area (Å²) >= 11 is 6.05. The van der Waals surface area contributed by atoms with Crippen LogP contribution >= 0.6 is 11.6 Å². The maximum atomic E-state index is 12.0. The fourth-order valence-corrected chi connectivity index (χ4v) is 2.22. The van der Waals surface area contributed by atoms with E-state index < -0.39 is 11.9 Å². The van der Waals surface area contributed by atoms with E-state index in [9.17, 15) is 9.59 Å². The van der Waals surface area contributed by atoms with Gasteiger partial charge in [-0.05, 0) is 44.2 Å². The van der Waals surface area contributed by atoms with Crippen molar-refractivity contribution in [2.75, 3.05) is 18.5 Å². The van der Waals surface area contributed by atoms with Gasteiger partial charge in [-0.2, -0.15) is 0 Å². The number of esters is 2. The van der Waals surface area contributed by atoms with Gasteiger partial charge in [0.15, 0.2) is 5.57 Å². The number of anilines is 1. The minimum atomic E-state index is -0.762. The molecule has 0 aliphatic carbocycles. The zero-order chi connectivity index (χ0) is 18.2. The van der Waals surface area contributed by atoms with E-state index >= 15 is 0 Å². The number of rotatable bonds is 7. The Morgan fingerprint density at radius 2 is 1.84 bits per heavy atom. The molecule has 2 aromatic rings. The number of benzene rings is 1. The van der Waals surface area contributed by atoms with Crippen molar-refractivity contribution in [1.29, 1.82) is 0 Å². The molecule has 0 radical (unpaired) electrons. The summed E-state index contributed by atoms with van der Waals surface area (Å²) in [6, 6.07) is 8.63. The molecule has 1 N–H and O–H groups in total. The van der Waals surface area contributed by atoms with Crippen molar-refractivity contribution in [3.63, 3.8) is 0 Å². The van der Waals surface area contributed by atoms with Crippen LogP contribution in [0.15, 0.2) is 52.8 Å². The van der Waals surface area contributed by atoms with Crippen LogP contribution in [0, 0.1) is 0 Å². The Bertz CT molecular complexity index is 748. The monoisotopic (exact) mass is 363 g/mol. The Morgan fingerprint density at radius 3 is 2.40 bits per heavy atom. The second-order valence-electron chi connectivity index (χ2n) is 4.81. The smallest absolute Gasteiger partial charge is 0.347 e. The summed E-state index contributed by atoms with van der Waals surface area (Å²) < 4.78 is 15.2. The average Bonchev–Trinajstić information content (AvgIpc) is 3.11. The number of nitrogens with one attached hydrogen (secondary N) is 1. The summed E-state index contributed by atoms with van der Waals surface area (Å²) in [7, 11) is 0. The summed E-state index contributed by atoms with van der Waals surface area (Å²) in [5, 5.41) is 3.45. The second kappa shape index (κ2) is 8.94. The third kappa shape index (κ3) is 4.87. The van der Waals surface area contributed by atoms with Crippen molar-refractivity contribution in [3.05, 3.63) is 53.4 Å². The number of carbonyl (C=O) groups excluding carboxylic acids is 2. The lowest BCUT2D eigenvalue weighted by Crippen LogP contribution is -2.19. The van der Waals surface area contributed by atoms with Gasteiger partial charge in [-0.25, -0.2) is 9.59 Å². The lowest BCUT2D eigenvalue weighted by molar-refractivity contribution is -0.146. The van der Waals surface area contributed by atoms with Gasteiger partial charge in [-0.15, -0.1) is 0 Å². The van der Waals surface area contributed by atoms with Crippen molar-refractivity contribution in [2.24, 2.45) is 0 Å². The lowest BCUT2D eigenvalue weighted by Gasteiger charge is -2.10. The molecular formula is C18H18ClNO5. The van der Waals surface area contributed by atoms with Crippen LogP contribution in [0.1, 0.15) is 13.8 Å². The average molecular weight is 364 g/mol. The molecule has 1 heterocycles. The van der Waals surface area contributed by atoms with Gasteiger partial charge in [0, 0.05) is 22.5 Å². The van der Waals surface area contributed by atoms with E-state index in [4.69, 9.17) is 25.5 Å². The van der Waals surface area contributed by atoms with Crippen molar-refractivity contribution < 1.29 is 23.5 Å². The summed E-state index contributed by atoms with van der Waals surface area (Å²) in [5.74, 6) is -0.934. The molecule has 1 aromatic heterocycles. The first-order valence-corrected chi connectivity index (χ1v) is 8.09. The first-order chi connectivity index (χ1) is 12.1. The molecule has 6 nitrogen and oxygen atoms in total. The van der Waals surface area contributed by atoms with E-state index in [2.05, 4.69) is 5.32 Å². The highest BCUT2D eigenvalue weighted by atomic mass is 35.5. The van der Waals surface area contributed by atoms with Crippen molar-refractivity contribution >= 4 is 29.2 Å². The van der Waals surface area contributed by atoms with Crippen molar-refractivity contribution in [2.45, 2.75) is 13.8 Å². The molecular weight excluding hydrogens is 346 g/mol. The van der Waals surface area contributed by atoms with Crippen LogP contribution in [0.2, 0.25) is 5.02 Å². The molecule has 0 unspecified atom stereocenters. The van der Waals surface area contributed by atoms with Gasteiger partial charge in [-0.1, -0.05) is 11.6 Å². The molecule has 25 heavy (non-hydrogen) atoms. The number of furan rings is 1. The summed E-state index contributed by atoms with van der Waals surface area (Å²) in [6.45, 7) is 3.60. The SMILES string of the molecule is CCOC(=O)C(=CNc1ccc(Cl)cc1-c1ccco1)C(=O)OCC. The third-order valence-electron chi connectivity index (χ3n) is 3.13. The zero-order valence-corrected chi connectivity index (χ0v) is 14.6. The summed E-state index contributed by atoms with van der Waals surface area (Å²) in [6.07, 6.45) is 2.80. The fourth-order valence-electron chi connectivity index (χ4n) is 2.05. The van der Waals surface area contributed by atoms with Gasteiger partial charge in [0.2, 0.25) is 0 Å². The molecule has 0 saturated heterocycles. The lowest BCUT2D eigenvalue weighted by atomic mass is 10.1. The third-order valence-corrected chi connectivity index (χ3v) is 3.37. The predicted molar refractivity (Wildman–Crippen MR) is 94.1 cm³/mol. The van der Waals surface area contributed by atoms with Gasteiger partial charge >= 0.3 is 11.9 Å². The number of halogens is 1. The van der Waals surface area contributed by atoms with Crippen LogP contribution in [0.5, 0.6) is 0 Å². The molecule has 7 heteroatoms. The van der Waals surface area contributed by atoms with Gasteiger partial charge in [0.25, 0.3) is 0 Å². The second-order valence-corrected chi connectivity index (χ2v) is 5.25. The van der Waals surface area contributed by atoms with E-state index in [0.29, 0.717) is 22.0 Å². The largest absolute Gasteiger partial charge is 0.464 e. The van der Waals surface area contributed by atoms with Crippen LogP contribution in [0.25, 0.3) is 11.3 Å². The molecule has 0 aliphatic rings. The number of ether oxygens (including phenoxy) is 2. The molecule has 0 saturated carbocycles. The first kappa shape index (κ1) is 18.6. The highest BCUT2D eigenvalue weighted by Gasteiger charge is 2.21. The fraction of sp³-hybridized carbons (Fsp3) is 0.222. The van der Waals surface area contributed by atoms with Crippen LogP contribution < -0.4 is 5.32 Å². The van der Waals surface area contributed by atoms with Gasteiger partial charge < -0.3 is 19.2 Å². The van der Waals surface area contributed by atoms with E-state index in [1.165, 1.54) is 6.20 Å². The Kier molecular flexibility index (Phi) is 6.65. The van der Waals surface area contributed by atoms with Gasteiger partial charge in [0.05, 0.1) is 19.5 Å². The molecule has 132 valence electrons. The predicted octanol–water partition coefficient (Wildman–Crippen LogP) is 4.02.